The first-order valence-corrected chi connectivity index (χ1v) is 5.20. The monoisotopic (exact) mass is 234 g/mol. The van der Waals surface area contributed by atoms with Crippen LogP contribution in [0.25, 0.3) is 0 Å². The van der Waals surface area contributed by atoms with Crippen molar-refractivity contribution in [2.45, 2.75) is 32.1 Å². The van der Waals surface area contributed by atoms with E-state index in [1.165, 1.54) is 0 Å². The Labute approximate surface area is 93.5 Å². The molecule has 6 heteroatoms. The first-order valence-electron chi connectivity index (χ1n) is 5.20. The van der Waals surface area contributed by atoms with Gasteiger partial charge in [-0.2, -0.15) is 0 Å². The van der Waals surface area contributed by atoms with Gasteiger partial charge in [0, 0.05) is 0 Å². The Kier molecular flexibility index (Phi) is 6.67. The van der Waals surface area contributed by atoms with E-state index in [1.807, 2.05) is 0 Å². The van der Waals surface area contributed by atoms with Gasteiger partial charge in [0.25, 0.3) is 0 Å². The Bertz CT molecular complexity index is 213. The largest absolute Gasteiger partial charge is 0.480 e. The van der Waals surface area contributed by atoms with Crippen molar-refractivity contribution < 1.29 is 30.0 Å². The topological polar surface area (TPSA) is 115 Å². The van der Waals surface area contributed by atoms with Crippen LogP contribution < -0.4 is 0 Å². The van der Waals surface area contributed by atoms with Gasteiger partial charge in [0.1, 0.15) is 0 Å². The van der Waals surface area contributed by atoms with E-state index in [1.54, 1.807) is 0 Å². The van der Waals surface area contributed by atoms with E-state index in [0.29, 0.717) is 12.8 Å². The van der Waals surface area contributed by atoms with E-state index in [2.05, 4.69) is 0 Å². The van der Waals surface area contributed by atoms with Crippen LogP contribution in [-0.4, -0.2) is 45.6 Å². The summed E-state index contributed by atoms with van der Waals surface area (Å²) < 4.78 is 0. The van der Waals surface area contributed by atoms with E-state index in [-0.39, 0.29) is 26.1 Å². The SMILES string of the molecule is O=C(O)C1(C(=O)O)CCCCC1.OCCO. The zero-order valence-electron chi connectivity index (χ0n) is 9.06. The van der Waals surface area contributed by atoms with Crippen LogP contribution in [0.2, 0.25) is 0 Å². The third kappa shape index (κ3) is 3.79. The van der Waals surface area contributed by atoms with Gasteiger partial charge in [0.05, 0.1) is 13.2 Å². The van der Waals surface area contributed by atoms with Crippen LogP contribution in [0.1, 0.15) is 32.1 Å². The number of aliphatic hydroxyl groups is 2. The first kappa shape index (κ1) is 14.9. The van der Waals surface area contributed by atoms with Crippen LogP contribution in [0.4, 0.5) is 0 Å². The molecule has 94 valence electrons. The molecule has 1 rings (SSSR count). The Morgan fingerprint density at radius 1 is 0.875 bits per heavy atom. The standard InChI is InChI=1S/C8H12O4.C2H6O2/c9-6(10)8(7(11)12)4-2-1-3-5-8;3-1-2-4/h1-5H2,(H,9,10)(H,11,12);3-4H,1-2H2. The number of carbonyl (C=O) groups is 2. The summed E-state index contributed by atoms with van der Waals surface area (Å²) in [5, 5.41) is 32.8. The molecule has 6 nitrogen and oxygen atoms in total. The predicted molar refractivity (Wildman–Crippen MR) is 55.0 cm³/mol. The lowest BCUT2D eigenvalue weighted by Crippen LogP contribution is -2.40. The molecule has 0 aromatic carbocycles. The van der Waals surface area contributed by atoms with E-state index in [4.69, 9.17) is 20.4 Å². The second kappa shape index (κ2) is 7.19. The van der Waals surface area contributed by atoms with E-state index in [9.17, 15) is 9.59 Å². The molecule has 0 heterocycles. The summed E-state index contributed by atoms with van der Waals surface area (Å²) in [6.07, 6.45) is 2.91. The molecular formula is C10H18O6. The fourth-order valence-corrected chi connectivity index (χ4v) is 1.67. The van der Waals surface area contributed by atoms with Crippen molar-refractivity contribution in [2.75, 3.05) is 13.2 Å². The zero-order chi connectivity index (χ0) is 12.6. The van der Waals surface area contributed by atoms with E-state index in [0.717, 1.165) is 6.42 Å². The molecular weight excluding hydrogens is 216 g/mol. The third-order valence-corrected chi connectivity index (χ3v) is 2.63. The molecule has 1 aliphatic rings. The van der Waals surface area contributed by atoms with Gasteiger partial charge in [-0.15, -0.1) is 0 Å². The van der Waals surface area contributed by atoms with Crippen molar-refractivity contribution in [3.05, 3.63) is 0 Å². The molecule has 0 atom stereocenters. The van der Waals surface area contributed by atoms with Gasteiger partial charge in [0.2, 0.25) is 0 Å². The highest BCUT2D eigenvalue weighted by molar-refractivity contribution is 5.98. The molecule has 1 saturated carbocycles. The van der Waals surface area contributed by atoms with Crippen molar-refractivity contribution >= 4 is 11.9 Å². The van der Waals surface area contributed by atoms with Crippen LogP contribution in [0, 0.1) is 5.41 Å². The second-order valence-electron chi connectivity index (χ2n) is 3.70. The van der Waals surface area contributed by atoms with Crippen LogP contribution in [0.15, 0.2) is 0 Å². The van der Waals surface area contributed by atoms with Gasteiger partial charge in [-0.25, -0.2) is 0 Å². The zero-order valence-corrected chi connectivity index (χ0v) is 9.06. The number of hydrogen-bond acceptors (Lipinski definition) is 4. The first-order chi connectivity index (χ1) is 7.51. The Morgan fingerprint density at radius 2 is 1.25 bits per heavy atom. The summed E-state index contributed by atoms with van der Waals surface area (Å²) in [4.78, 5) is 21.5. The van der Waals surface area contributed by atoms with Gasteiger partial charge >= 0.3 is 11.9 Å². The molecule has 0 aliphatic heterocycles. The Hall–Kier alpha value is -1.14. The summed E-state index contributed by atoms with van der Waals surface area (Å²) in [5.74, 6) is -2.37. The summed E-state index contributed by atoms with van der Waals surface area (Å²) in [6, 6.07) is 0. The maximum Gasteiger partial charge on any atom is 0.321 e. The molecule has 16 heavy (non-hydrogen) atoms. The van der Waals surface area contributed by atoms with Gasteiger partial charge in [-0.3, -0.25) is 9.59 Å². The molecule has 0 aromatic heterocycles. The molecule has 0 radical (unpaired) electrons. The summed E-state index contributed by atoms with van der Waals surface area (Å²) in [5.41, 5.74) is -1.49. The average molecular weight is 234 g/mol. The van der Waals surface area contributed by atoms with Crippen molar-refractivity contribution in [1.29, 1.82) is 0 Å². The van der Waals surface area contributed by atoms with Crippen LogP contribution in [-0.2, 0) is 9.59 Å². The highest BCUT2D eigenvalue weighted by Gasteiger charge is 2.46. The average Bonchev–Trinajstić information content (AvgIpc) is 2.30. The summed E-state index contributed by atoms with van der Waals surface area (Å²) >= 11 is 0. The van der Waals surface area contributed by atoms with Gasteiger partial charge in [-0.05, 0) is 12.8 Å². The van der Waals surface area contributed by atoms with Crippen LogP contribution >= 0.6 is 0 Å². The maximum absolute atomic E-state index is 10.7. The summed E-state index contributed by atoms with van der Waals surface area (Å²) in [7, 11) is 0. The Morgan fingerprint density at radius 3 is 1.44 bits per heavy atom. The van der Waals surface area contributed by atoms with Crippen molar-refractivity contribution in [2.24, 2.45) is 5.41 Å². The number of aliphatic hydroxyl groups excluding tert-OH is 2. The fourth-order valence-electron chi connectivity index (χ4n) is 1.67. The number of aliphatic carboxylic acids is 2. The van der Waals surface area contributed by atoms with Crippen molar-refractivity contribution in [1.82, 2.24) is 0 Å². The molecule has 1 fully saturated rings. The highest BCUT2D eigenvalue weighted by atomic mass is 16.4. The smallest absolute Gasteiger partial charge is 0.321 e. The number of rotatable bonds is 3. The molecule has 1 aliphatic carbocycles. The van der Waals surface area contributed by atoms with Crippen LogP contribution in [0.5, 0.6) is 0 Å². The second-order valence-corrected chi connectivity index (χ2v) is 3.70. The molecule has 0 saturated heterocycles. The molecule has 0 spiro atoms. The lowest BCUT2D eigenvalue weighted by Gasteiger charge is -2.28. The molecule has 4 N–H and O–H groups in total. The fraction of sp³-hybridized carbons (Fsp3) is 0.800. The van der Waals surface area contributed by atoms with Gasteiger partial charge in [0.15, 0.2) is 5.41 Å². The number of carboxylic acids is 2. The van der Waals surface area contributed by atoms with E-state index >= 15 is 0 Å². The van der Waals surface area contributed by atoms with Crippen LogP contribution in [0.3, 0.4) is 0 Å². The van der Waals surface area contributed by atoms with Gasteiger partial charge in [-0.1, -0.05) is 19.3 Å². The van der Waals surface area contributed by atoms with Crippen molar-refractivity contribution in [3.8, 4) is 0 Å². The minimum Gasteiger partial charge on any atom is -0.480 e. The highest BCUT2D eigenvalue weighted by Crippen LogP contribution is 2.36. The normalized spacial score (nSPS) is 18.1. The predicted octanol–water partition coefficient (Wildman–Crippen LogP) is 0.0771. The maximum atomic E-state index is 10.7. The van der Waals surface area contributed by atoms with E-state index < -0.39 is 17.4 Å². The van der Waals surface area contributed by atoms with Gasteiger partial charge < -0.3 is 20.4 Å². The molecule has 0 amide bonds. The molecule has 0 unspecified atom stereocenters. The van der Waals surface area contributed by atoms with Crippen molar-refractivity contribution in [3.63, 3.8) is 0 Å². The summed E-state index contributed by atoms with van der Waals surface area (Å²) in [6.45, 7) is -0.250. The minimum absolute atomic E-state index is 0.125. The minimum atomic E-state index is -1.49. The molecule has 0 aromatic rings. The number of hydrogen-bond donors (Lipinski definition) is 4. The molecule has 0 bridgehead atoms. The quantitative estimate of drug-likeness (QED) is 0.514. The third-order valence-electron chi connectivity index (χ3n) is 2.63. The lowest BCUT2D eigenvalue weighted by molar-refractivity contribution is -0.167. The number of carboxylic acid groups (broad SMARTS) is 2. The Balaban J connectivity index is 0.000000487. The lowest BCUT2D eigenvalue weighted by atomic mass is 9.74.